The third-order valence-corrected chi connectivity index (χ3v) is 3.69. The molecule has 1 N–H and O–H groups in total. The van der Waals surface area contributed by atoms with Gasteiger partial charge in [0.15, 0.2) is 0 Å². The van der Waals surface area contributed by atoms with Crippen molar-refractivity contribution >= 4 is 16.6 Å². The predicted molar refractivity (Wildman–Crippen MR) is 83.5 cm³/mol. The van der Waals surface area contributed by atoms with Gasteiger partial charge in [0.2, 0.25) is 0 Å². The van der Waals surface area contributed by atoms with Crippen LogP contribution in [0.3, 0.4) is 0 Å². The van der Waals surface area contributed by atoms with Gasteiger partial charge in [-0.1, -0.05) is 42.5 Å². The highest BCUT2D eigenvalue weighted by Gasteiger charge is 2.15. The van der Waals surface area contributed by atoms with E-state index in [1.165, 1.54) is 0 Å². The second-order valence-electron chi connectivity index (χ2n) is 5.04. The predicted octanol–water partition coefficient (Wildman–Crippen LogP) is 3.15. The molecule has 0 atom stereocenters. The van der Waals surface area contributed by atoms with Crippen molar-refractivity contribution < 1.29 is 0 Å². The summed E-state index contributed by atoms with van der Waals surface area (Å²) in [7, 11) is 0. The molecule has 0 bridgehead atoms. The highest BCUT2D eigenvalue weighted by atomic mass is 16.1. The molecule has 2 aromatic heterocycles. The molecular weight excluding hydrogens is 262 g/mol. The Kier molecular flexibility index (Phi) is 2.44. The lowest BCUT2D eigenvalue weighted by Gasteiger charge is -2.05. The Bertz CT molecular complexity index is 1010. The van der Waals surface area contributed by atoms with E-state index in [0.29, 0.717) is 5.52 Å². The van der Waals surface area contributed by atoms with Crippen molar-refractivity contribution in [3.8, 4) is 11.4 Å². The highest BCUT2D eigenvalue weighted by Crippen LogP contribution is 2.24. The first-order valence-corrected chi connectivity index (χ1v) is 6.81. The number of nitrogens with zero attached hydrogens (tertiary/aromatic N) is 2. The maximum Gasteiger partial charge on any atom is 0.274 e. The molecule has 0 saturated carbocycles. The summed E-state index contributed by atoms with van der Waals surface area (Å²) in [5.74, 6) is 0.797. The monoisotopic (exact) mass is 275 g/mol. The number of aryl methyl sites for hydroxylation is 1. The number of rotatable bonds is 1. The second kappa shape index (κ2) is 4.31. The number of fused-ring (bicyclic) bond motifs is 3. The third kappa shape index (κ3) is 1.69. The molecule has 0 aliphatic rings. The van der Waals surface area contributed by atoms with E-state index in [4.69, 9.17) is 0 Å². The summed E-state index contributed by atoms with van der Waals surface area (Å²) in [6, 6.07) is 17.7. The van der Waals surface area contributed by atoms with E-state index < -0.39 is 0 Å². The molecule has 4 heteroatoms. The number of hydrogen-bond acceptors (Lipinski definition) is 2. The summed E-state index contributed by atoms with van der Waals surface area (Å²) in [5, 5.41) is 0. The van der Waals surface area contributed by atoms with Crippen molar-refractivity contribution in [1.29, 1.82) is 0 Å². The number of aromatic nitrogens is 3. The molecule has 21 heavy (non-hydrogen) atoms. The van der Waals surface area contributed by atoms with Gasteiger partial charge in [0.25, 0.3) is 5.56 Å². The third-order valence-electron chi connectivity index (χ3n) is 3.69. The van der Waals surface area contributed by atoms with Crippen LogP contribution in [0.5, 0.6) is 0 Å². The molecule has 4 rings (SSSR count). The van der Waals surface area contributed by atoms with E-state index in [2.05, 4.69) is 9.97 Å². The quantitative estimate of drug-likeness (QED) is 0.580. The summed E-state index contributed by atoms with van der Waals surface area (Å²) >= 11 is 0. The van der Waals surface area contributed by atoms with Crippen molar-refractivity contribution in [2.45, 2.75) is 6.92 Å². The number of benzene rings is 2. The number of aromatic amines is 1. The Morgan fingerprint density at radius 3 is 2.52 bits per heavy atom. The Morgan fingerprint density at radius 2 is 1.71 bits per heavy atom. The average molecular weight is 275 g/mol. The van der Waals surface area contributed by atoms with E-state index in [0.717, 1.165) is 28.1 Å². The lowest BCUT2D eigenvalue weighted by molar-refractivity contribution is 1.17. The maximum absolute atomic E-state index is 12.3. The Labute approximate surface area is 120 Å². The van der Waals surface area contributed by atoms with Gasteiger partial charge in [-0.05, 0) is 19.1 Å². The van der Waals surface area contributed by atoms with Crippen molar-refractivity contribution in [3.05, 3.63) is 70.6 Å². The molecule has 0 unspecified atom stereocenters. The fraction of sp³-hybridized carbons (Fsp3) is 0.0588. The lowest BCUT2D eigenvalue weighted by Crippen LogP contribution is -2.11. The zero-order chi connectivity index (χ0) is 14.4. The number of para-hydroxylation sites is 2. The topological polar surface area (TPSA) is 50.2 Å². The highest BCUT2D eigenvalue weighted by molar-refractivity contribution is 5.82. The summed E-state index contributed by atoms with van der Waals surface area (Å²) in [6.45, 7) is 1.87. The zero-order valence-corrected chi connectivity index (χ0v) is 11.5. The smallest absolute Gasteiger partial charge is 0.274 e. The van der Waals surface area contributed by atoms with Crippen molar-refractivity contribution in [3.63, 3.8) is 0 Å². The van der Waals surface area contributed by atoms with E-state index in [9.17, 15) is 4.79 Å². The van der Waals surface area contributed by atoms with Crippen molar-refractivity contribution in [2.75, 3.05) is 0 Å². The average Bonchev–Trinajstić information content (AvgIpc) is 2.87. The first-order valence-electron chi connectivity index (χ1n) is 6.81. The molecule has 102 valence electrons. The van der Waals surface area contributed by atoms with Crippen LogP contribution in [0.25, 0.3) is 27.9 Å². The standard InChI is InChI=1S/C17H13N3O/c1-11-15-17(21)19-13-9-5-6-10-14(13)20(15)16(18-11)12-7-3-2-4-8-12/h2-10H,1H3,(H,19,21). The molecule has 0 fully saturated rings. The largest absolute Gasteiger partial charge is 0.319 e. The van der Waals surface area contributed by atoms with Gasteiger partial charge in [0.1, 0.15) is 11.3 Å². The minimum absolute atomic E-state index is 0.110. The first-order chi connectivity index (χ1) is 10.3. The van der Waals surface area contributed by atoms with Gasteiger partial charge >= 0.3 is 0 Å². The molecular formula is C17H13N3O. The van der Waals surface area contributed by atoms with Crippen LogP contribution in [0, 0.1) is 6.92 Å². The zero-order valence-electron chi connectivity index (χ0n) is 11.5. The summed E-state index contributed by atoms with van der Waals surface area (Å²) in [4.78, 5) is 19.9. The maximum atomic E-state index is 12.3. The number of hydrogen-bond donors (Lipinski definition) is 1. The van der Waals surface area contributed by atoms with Crippen LogP contribution >= 0.6 is 0 Å². The van der Waals surface area contributed by atoms with E-state index in [1.807, 2.05) is 65.9 Å². The van der Waals surface area contributed by atoms with Crippen LogP contribution in [0.2, 0.25) is 0 Å². The molecule has 4 aromatic rings. The van der Waals surface area contributed by atoms with Gasteiger partial charge in [0, 0.05) is 5.56 Å². The minimum atomic E-state index is -0.110. The Hall–Kier alpha value is -2.88. The lowest BCUT2D eigenvalue weighted by atomic mass is 10.2. The van der Waals surface area contributed by atoms with Gasteiger partial charge in [-0.3, -0.25) is 9.20 Å². The summed E-state index contributed by atoms with van der Waals surface area (Å²) in [6.07, 6.45) is 0. The van der Waals surface area contributed by atoms with Crippen LogP contribution < -0.4 is 5.56 Å². The fourth-order valence-corrected chi connectivity index (χ4v) is 2.77. The van der Waals surface area contributed by atoms with Crippen molar-refractivity contribution in [2.24, 2.45) is 0 Å². The number of imidazole rings is 1. The van der Waals surface area contributed by atoms with Crippen LogP contribution in [0.15, 0.2) is 59.4 Å². The second-order valence-corrected chi connectivity index (χ2v) is 5.04. The van der Waals surface area contributed by atoms with Crippen LogP contribution in [-0.4, -0.2) is 14.4 Å². The molecule has 0 aliphatic carbocycles. The van der Waals surface area contributed by atoms with Gasteiger partial charge in [-0.15, -0.1) is 0 Å². The summed E-state index contributed by atoms with van der Waals surface area (Å²) in [5.41, 5.74) is 3.99. The SMILES string of the molecule is Cc1nc(-c2ccccc2)n2c1c(=O)[nH]c1ccccc12. The molecule has 0 radical (unpaired) electrons. The van der Waals surface area contributed by atoms with E-state index >= 15 is 0 Å². The van der Waals surface area contributed by atoms with Crippen LogP contribution in [0.1, 0.15) is 5.69 Å². The fourth-order valence-electron chi connectivity index (χ4n) is 2.77. The minimum Gasteiger partial charge on any atom is -0.319 e. The molecule has 2 heterocycles. The number of nitrogens with one attached hydrogen (secondary N) is 1. The first kappa shape index (κ1) is 11.9. The summed E-state index contributed by atoms with van der Waals surface area (Å²) < 4.78 is 1.94. The van der Waals surface area contributed by atoms with Gasteiger partial charge in [-0.25, -0.2) is 4.98 Å². The van der Waals surface area contributed by atoms with Gasteiger partial charge in [0.05, 0.1) is 16.7 Å². The number of H-pyrrole nitrogens is 1. The molecule has 0 saturated heterocycles. The molecule has 2 aromatic carbocycles. The van der Waals surface area contributed by atoms with Crippen LogP contribution in [-0.2, 0) is 0 Å². The molecule has 0 amide bonds. The Balaban J connectivity index is 2.26. The molecule has 0 spiro atoms. The molecule has 0 aliphatic heterocycles. The van der Waals surface area contributed by atoms with Gasteiger partial charge < -0.3 is 4.98 Å². The molecule has 4 nitrogen and oxygen atoms in total. The van der Waals surface area contributed by atoms with E-state index in [1.54, 1.807) is 0 Å². The van der Waals surface area contributed by atoms with Crippen molar-refractivity contribution in [1.82, 2.24) is 14.4 Å². The Morgan fingerprint density at radius 1 is 1.00 bits per heavy atom. The van der Waals surface area contributed by atoms with E-state index in [-0.39, 0.29) is 5.56 Å². The van der Waals surface area contributed by atoms with Crippen LogP contribution in [0.4, 0.5) is 0 Å². The normalized spacial score (nSPS) is 11.3. The van der Waals surface area contributed by atoms with Gasteiger partial charge in [-0.2, -0.15) is 0 Å².